The summed E-state index contributed by atoms with van der Waals surface area (Å²) in [7, 11) is -3.70. The van der Waals surface area contributed by atoms with Crippen LogP contribution in [0.5, 0.6) is 5.75 Å². The third-order valence-corrected chi connectivity index (χ3v) is 8.47. The second-order valence-electron chi connectivity index (χ2n) is 8.74. The lowest BCUT2D eigenvalue weighted by molar-refractivity contribution is 0.196. The van der Waals surface area contributed by atoms with E-state index in [9.17, 15) is 13.2 Å². The van der Waals surface area contributed by atoms with Gasteiger partial charge in [0.15, 0.2) is 0 Å². The van der Waals surface area contributed by atoms with Crippen LogP contribution in [0, 0.1) is 0 Å². The zero-order valence-electron chi connectivity index (χ0n) is 21.0. The molecule has 0 radical (unpaired) electrons. The number of hydrogen-bond donors (Lipinski definition) is 1. The molecule has 0 unspecified atom stereocenters. The first-order valence-electron chi connectivity index (χ1n) is 12.5. The van der Waals surface area contributed by atoms with E-state index >= 15 is 0 Å². The van der Waals surface area contributed by atoms with E-state index in [2.05, 4.69) is 23.7 Å². The molecular weight excluding hydrogens is 466 g/mol. The first kappa shape index (κ1) is 25.4. The van der Waals surface area contributed by atoms with Gasteiger partial charge < -0.3 is 19.2 Å². The van der Waals surface area contributed by atoms with Gasteiger partial charge in [-0.15, -0.1) is 0 Å². The highest BCUT2D eigenvalue weighted by atomic mass is 32.2. The smallest absolute Gasteiger partial charge is 0.260 e. The van der Waals surface area contributed by atoms with Crippen LogP contribution < -0.4 is 10.3 Å². The highest BCUT2D eigenvalue weighted by molar-refractivity contribution is 7.89. The van der Waals surface area contributed by atoms with Gasteiger partial charge in [0.1, 0.15) is 17.2 Å². The van der Waals surface area contributed by atoms with Gasteiger partial charge in [0, 0.05) is 38.9 Å². The molecule has 1 aliphatic rings. The summed E-state index contributed by atoms with van der Waals surface area (Å²) in [4.78, 5) is 23.2. The summed E-state index contributed by atoms with van der Waals surface area (Å²) in [5.74, 6) is 0.783. The van der Waals surface area contributed by atoms with Crippen molar-refractivity contribution in [3.63, 3.8) is 0 Å². The number of aromatic nitrogens is 3. The fourth-order valence-electron chi connectivity index (χ4n) is 4.65. The number of nitrogens with one attached hydrogen (secondary N) is 1. The Morgan fingerprint density at radius 2 is 1.83 bits per heavy atom. The van der Waals surface area contributed by atoms with Crippen LogP contribution in [0.2, 0.25) is 0 Å². The molecule has 0 amide bonds. The van der Waals surface area contributed by atoms with Crippen molar-refractivity contribution in [3.8, 4) is 17.1 Å². The predicted octanol–water partition coefficient (Wildman–Crippen LogP) is 3.09. The summed E-state index contributed by atoms with van der Waals surface area (Å²) in [6, 6.07) is 4.80. The molecule has 4 rings (SSSR count). The van der Waals surface area contributed by atoms with E-state index < -0.39 is 10.0 Å². The van der Waals surface area contributed by atoms with Crippen LogP contribution in [0.15, 0.2) is 34.1 Å². The lowest BCUT2D eigenvalue weighted by atomic mass is 10.1. The molecule has 1 fully saturated rings. The number of rotatable bonds is 9. The van der Waals surface area contributed by atoms with Gasteiger partial charge in [-0.25, -0.2) is 13.4 Å². The van der Waals surface area contributed by atoms with Crippen LogP contribution in [0.3, 0.4) is 0 Å². The Hall–Kier alpha value is -2.69. The summed E-state index contributed by atoms with van der Waals surface area (Å²) in [5, 5.41) is 0.584. The zero-order chi connectivity index (χ0) is 25.2. The molecule has 10 heteroatoms. The molecule has 3 heterocycles. The van der Waals surface area contributed by atoms with E-state index in [1.54, 1.807) is 18.2 Å². The highest BCUT2D eigenvalue weighted by Crippen LogP contribution is 2.32. The molecule has 1 aromatic carbocycles. The van der Waals surface area contributed by atoms with Gasteiger partial charge in [-0.05, 0) is 50.1 Å². The number of H-pyrrole nitrogens is 1. The summed E-state index contributed by atoms with van der Waals surface area (Å²) in [6.45, 7) is 12.4. The van der Waals surface area contributed by atoms with Crippen molar-refractivity contribution in [2.75, 3.05) is 39.3 Å². The van der Waals surface area contributed by atoms with E-state index in [0.29, 0.717) is 61.0 Å². The molecular formula is C25H35N5O4S. The van der Waals surface area contributed by atoms with Crippen molar-refractivity contribution in [1.82, 2.24) is 23.7 Å². The number of aromatic amines is 1. The standard InChI is InChI=1S/C25H35N5O4S/c1-5-11-29-17-18(6-2)22-24(29)26-23(27-25(22)31)20-16-19(9-10-21(20)34-8-4)35(32,33)30-14-12-28(7-3)13-15-30/h9-10,16-17H,5-8,11-15H2,1-4H3,(H,26,27,31). The minimum atomic E-state index is -3.70. The number of fused-ring (bicyclic) bond motifs is 1. The molecule has 1 aliphatic heterocycles. The number of hydrogen-bond acceptors (Lipinski definition) is 6. The summed E-state index contributed by atoms with van der Waals surface area (Å²) < 4.78 is 36.3. The molecule has 1 saturated heterocycles. The molecule has 3 aromatic rings. The summed E-state index contributed by atoms with van der Waals surface area (Å²) >= 11 is 0. The Morgan fingerprint density at radius 1 is 1.09 bits per heavy atom. The molecule has 0 spiro atoms. The van der Waals surface area contributed by atoms with Crippen LogP contribution in [-0.4, -0.2) is 71.5 Å². The van der Waals surface area contributed by atoms with Crippen LogP contribution in [-0.2, 0) is 23.0 Å². The van der Waals surface area contributed by atoms with E-state index in [0.717, 1.165) is 31.5 Å². The average Bonchev–Trinajstić information content (AvgIpc) is 3.22. The van der Waals surface area contributed by atoms with Gasteiger partial charge >= 0.3 is 0 Å². The maximum atomic E-state index is 13.5. The van der Waals surface area contributed by atoms with Crippen LogP contribution >= 0.6 is 0 Å². The number of aryl methyl sites for hydroxylation is 2. The number of piperazine rings is 1. The third-order valence-electron chi connectivity index (χ3n) is 6.57. The molecule has 35 heavy (non-hydrogen) atoms. The zero-order valence-corrected chi connectivity index (χ0v) is 21.8. The van der Waals surface area contributed by atoms with Crippen molar-refractivity contribution in [2.24, 2.45) is 0 Å². The molecule has 0 aliphatic carbocycles. The fraction of sp³-hybridized carbons (Fsp3) is 0.520. The molecule has 190 valence electrons. The lowest BCUT2D eigenvalue weighted by Crippen LogP contribution is -2.48. The predicted molar refractivity (Wildman–Crippen MR) is 138 cm³/mol. The SMILES string of the molecule is CCCn1cc(CC)c2c(=O)[nH]c(-c3cc(S(=O)(=O)N4CCN(CC)CC4)ccc3OCC)nc21. The van der Waals surface area contributed by atoms with Gasteiger partial charge in [0.2, 0.25) is 10.0 Å². The minimum absolute atomic E-state index is 0.168. The number of likely N-dealkylation sites (N-methyl/N-ethyl adjacent to an activating group) is 1. The maximum Gasteiger partial charge on any atom is 0.260 e. The fourth-order valence-corrected chi connectivity index (χ4v) is 6.10. The molecule has 0 bridgehead atoms. The largest absolute Gasteiger partial charge is 0.493 e. The van der Waals surface area contributed by atoms with Gasteiger partial charge in [0.25, 0.3) is 5.56 Å². The number of ether oxygens (including phenoxy) is 1. The number of nitrogens with zero attached hydrogens (tertiary/aromatic N) is 4. The summed E-state index contributed by atoms with van der Waals surface area (Å²) in [6.07, 6.45) is 3.61. The number of benzene rings is 1. The third kappa shape index (κ3) is 4.87. The van der Waals surface area contributed by atoms with Crippen LogP contribution in [0.25, 0.3) is 22.4 Å². The number of sulfonamides is 1. The molecule has 9 nitrogen and oxygen atoms in total. The Labute approximate surface area is 206 Å². The first-order valence-corrected chi connectivity index (χ1v) is 13.9. The van der Waals surface area contributed by atoms with Gasteiger partial charge in [-0.3, -0.25) is 4.79 Å². The van der Waals surface area contributed by atoms with Crippen molar-refractivity contribution in [1.29, 1.82) is 0 Å². The maximum absolute atomic E-state index is 13.5. The quantitative estimate of drug-likeness (QED) is 0.484. The Balaban J connectivity index is 1.83. The topological polar surface area (TPSA) is 101 Å². The normalized spacial score (nSPS) is 15.7. The Kier molecular flexibility index (Phi) is 7.63. The first-order chi connectivity index (χ1) is 16.8. The second-order valence-corrected chi connectivity index (χ2v) is 10.7. The van der Waals surface area contributed by atoms with Gasteiger partial charge in [0.05, 0.1) is 22.5 Å². The molecule has 0 atom stereocenters. The molecule has 2 aromatic heterocycles. The Morgan fingerprint density at radius 3 is 2.46 bits per heavy atom. The monoisotopic (exact) mass is 501 g/mol. The van der Waals surface area contributed by atoms with Gasteiger partial charge in [-0.1, -0.05) is 20.8 Å². The van der Waals surface area contributed by atoms with E-state index in [1.807, 2.05) is 24.6 Å². The van der Waals surface area contributed by atoms with Crippen LogP contribution in [0.1, 0.15) is 39.7 Å². The summed E-state index contributed by atoms with van der Waals surface area (Å²) in [5.41, 5.74) is 1.78. The van der Waals surface area contributed by atoms with Crippen molar-refractivity contribution in [2.45, 2.75) is 52.0 Å². The van der Waals surface area contributed by atoms with Crippen LogP contribution in [0.4, 0.5) is 0 Å². The molecule has 1 N–H and O–H groups in total. The lowest BCUT2D eigenvalue weighted by Gasteiger charge is -2.33. The van der Waals surface area contributed by atoms with Crippen molar-refractivity contribution >= 4 is 21.1 Å². The molecule has 0 saturated carbocycles. The minimum Gasteiger partial charge on any atom is -0.493 e. The average molecular weight is 502 g/mol. The second kappa shape index (κ2) is 10.5. The van der Waals surface area contributed by atoms with Crippen molar-refractivity contribution in [3.05, 3.63) is 40.3 Å². The van der Waals surface area contributed by atoms with E-state index in [-0.39, 0.29) is 10.5 Å². The van der Waals surface area contributed by atoms with E-state index in [1.165, 1.54) is 4.31 Å². The highest BCUT2D eigenvalue weighted by Gasteiger charge is 2.29. The Bertz CT molecular complexity index is 1350. The van der Waals surface area contributed by atoms with E-state index in [4.69, 9.17) is 9.72 Å². The van der Waals surface area contributed by atoms with Crippen molar-refractivity contribution < 1.29 is 13.2 Å². The van der Waals surface area contributed by atoms with Gasteiger partial charge in [-0.2, -0.15) is 4.31 Å².